The minimum absolute atomic E-state index is 0. The number of aromatic nitrogens is 3. The van der Waals surface area contributed by atoms with Crippen molar-refractivity contribution in [2.75, 3.05) is 30.0 Å². The Morgan fingerprint density at radius 1 is 1.27 bits per heavy atom. The summed E-state index contributed by atoms with van der Waals surface area (Å²) in [5.74, 6) is 1.76. The van der Waals surface area contributed by atoms with E-state index in [4.69, 9.17) is 9.72 Å². The second-order valence-electron chi connectivity index (χ2n) is 8.62. The fraction of sp³-hybridized carbons (Fsp3) is 0.545. The predicted octanol–water partition coefficient (Wildman–Crippen LogP) is 3.22. The van der Waals surface area contributed by atoms with Gasteiger partial charge in [0.1, 0.15) is 11.6 Å². The van der Waals surface area contributed by atoms with Crippen molar-refractivity contribution in [3.63, 3.8) is 0 Å². The Hall–Kier alpha value is -2.58. The molecule has 4 rings (SSSR count). The average Bonchev–Trinajstić information content (AvgIpc) is 2.74. The summed E-state index contributed by atoms with van der Waals surface area (Å²) < 4.78 is 5.45. The van der Waals surface area contributed by atoms with E-state index in [1.807, 2.05) is 13.0 Å². The van der Waals surface area contributed by atoms with Crippen LogP contribution in [-0.4, -0.2) is 51.8 Å². The summed E-state index contributed by atoms with van der Waals surface area (Å²) in [6.45, 7) is 7.46. The van der Waals surface area contributed by atoms with Gasteiger partial charge in [0.25, 0.3) is 0 Å². The number of rotatable bonds is 5. The number of nitrogens with zero attached hydrogens (tertiary/aromatic N) is 4. The van der Waals surface area contributed by atoms with Crippen molar-refractivity contribution in [3.05, 3.63) is 30.2 Å². The van der Waals surface area contributed by atoms with E-state index in [1.165, 1.54) is 0 Å². The number of fused-ring (bicyclic) bond motifs is 1. The van der Waals surface area contributed by atoms with Gasteiger partial charge in [-0.2, -0.15) is 0 Å². The molecule has 8 nitrogen and oxygen atoms in total. The molecule has 2 aromatic rings. The van der Waals surface area contributed by atoms with E-state index >= 15 is 0 Å². The maximum atomic E-state index is 12.9. The second kappa shape index (κ2) is 8.28. The number of carbonyl (C=O) groups excluding carboxylic acids is 1. The van der Waals surface area contributed by atoms with Crippen LogP contribution in [0.3, 0.4) is 0 Å². The molecule has 0 saturated carbocycles. The molecule has 0 bridgehead atoms. The third-order valence-corrected chi connectivity index (χ3v) is 5.79. The third-order valence-electron chi connectivity index (χ3n) is 5.79. The summed E-state index contributed by atoms with van der Waals surface area (Å²) in [6.07, 6.45) is 6.36. The lowest BCUT2D eigenvalue weighted by Crippen LogP contribution is -2.47. The molecule has 2 aromatic heterocycles. The van der Waals surface area contributed by atoms with Gasteiger partial charge in [-0.25, -0.2) is 9.97 Å². The van der Waals surface area contributed by atoms with Crippen molar-refractivity contribution in [2.24, 2.45) is 5.92 Å². The first-order chi connectivity index (χ1) is 14.3. The molecule has 1 saturated heterocycles. The van der Waals surface area contributed by atoms with Crippen LogP contribution in [0.15, 0.2) is 24.5 Å². The van der Waals surface area contributed by atoms with Crippen molar-refractivity contribution >= 4 is 17.5 Å². The summed E-state index contributed by atoms with van der Waals surface area (Å²) in [4.78, 5) is 28.3. The van der Waals surface area contributed by atoms with Gasteiger partial charge in [-0.3, -0.25) is 14.7 Å². The fourth-order valence-electron chi connectivity index (χ4n) is 3.88. The maximum absolute atomic E-state index is 12.9. The Morgan fingerprint density at radius 3 is 2.70 bits per heavy atom. The molecule has 2 aliphatic heterocycles. The molecular weight excluding hydrogens is 382 g/mol. The molecule has 30 heavy (non-hydrogen) atoms. The van der Waals surface area contributed by atoms with Gasteiger partial charge in [0.2, 0.25) is 5.91 Å². The highest BCUT2D eigenvalue weighted by Gasteiger charge is 2.32. The van der Waals surface area contributed by atoms with E-state index < -0.39 is 5.60 Å². The lowest BCUT2D eigenvalue weighted by atomic mass is 9.96. The lowest BCUT2D eigenvalue weighted by molar-refractivity contribution is -0.119. The predicted molar refractivity (Wildman–Crippen MR) is 118 cm³/mol. The largest absolute Gasteiger partial charge is 0.384 e. The molecule has 2 N–H and O–H groups in total. The smallest absolute Gasteiger partial charge is 0.250 e. The number of ether oxygens (including phenoxy) is 1. The molecule has 8 heteroatoms. The zero-order valence-corrected chi connectivity index (χ0v) is 17.8. The Labute approximate surface area is 179 Å². The van der Waals surface area contributed by atoms with Gasteiger partial charge < -0.3 is 15.2 Å². The van der Waals surface area contributed by atoms with E-state index in [-0.39, 0.29) is 14.8 Å². The number of nitrogens with one attached hydrogen (secondary N) is 1. The van der Waals surface area contributed by atoms with Gasteiger partial charge in [0, 0.05) is 34.4 Å². The van der Waals surface area contributed by atoms with Gasteiger partial charge >= 0.3 is 0 Å². The van der Waals surface area contributed by atoms with E-state index in [9.17, 15) is 9.90 Å². The minimum atomic E-state index is -1.01. The van der Waals surface area contributed by atoms with Crippen LogP contribution in [-0.2, 0) is 15.1 Å². The van der Waals surface area contributed by atoms with Gasteiger partial charge in [0.05, 0.1) is 17.6 Å². The summed E-state index contributed by atoms with van der Waals surface area (Å²) in [5, 5.41) is 13.3. The van der Waals surface area contributed by atoms with Crippen LogP contribution < -0.4 is 10.2 Å². The van der Waals surface area contributed by atoms with Crippen LogP contribution in [0.1, 0.15) is 48.6 Å². The molecule has 2 aliphatic rings. The van der Waals surface area contributed by atoms with Crippen molar-refractivity contribution in [3.8, 4) is 11.3 Å². The van der Waals surface area contributed by atoms with Crippen molar-refractivity contribution in [1.29, 1.82) is 0 Å². The SMILES string of the molecule is C[C@H]1Nc2ncc(-c3ccc(C(C)(C)O)nc3)nc2N(CCC2CCOCC2)C1=O.[HH].[HH]. The molecule has 1 amide bonds. The van der Waals surface area contributed by atoms with Crippen LogP contribution >= 0.6 is 0 Å². The van der Waals surface area contributed by atoms with E-state index in [0.29, 0.717) is 35.5 Å². The second-order valence-corrected chi connectivity index (χ2v) is 8.62. The first-order valence-corrected chi connectivity index (χ1v) is 10.5. The van der Waals surface area contributed by atoms with Crippen LogP contribution in [0, 0.1) is 5.92 Å². The molecule has 1 fully saturated rings. The molecule has 0 aliphatic carbocycles. The number of hydrogen-bond donors (Lipinski definition) is 2. The number of hydrogen-bond acceptors (Lipinski definition) is 7. The first-order valence-electron chi connectivity index (χ1n) is 10.5. The Kier molecular flexibility index (Phi) is 5.71. The van der Waals surface area contributed by atoms with Crippen LogP contribution in [0.4, 0.5) is 11.6 Å². The van der Waals surface area contributed by atoms with Gasteiger partial charge in [-0.05, 0) is 58.1 Å². The van der Waals surface area contributed by atoms with Crippen LogP contribution in [0.2, 0.25) is 0 Å². The Morgan fingerprint density at radius 2 is 2.03 bits per heavy atom. The number of aliphatic hydroxyl groups is 1. The Bertz CT molecular complexity index is 915. The number of amides is 1. The molecule has 0 spiro atoms. The number of pyridine rings is 1. The van der Waals surface area contributed by atoms with Gasteiger partial charge in [-0.1, -0.05) is 0 Å². The zero-order valence-electron chi connectivity index (χ0n) is 17.8. The highest BCUT2D eigenvalue weighted by molar-refractivity contribution is 6.03. The highest BCUT2D eigenvalue weighted by Crippen LogP contribution is 2.32. The fourth-order valence-corrected chi connectivity index (χ4v) is 3.88. The molecule has 0 radical (unpaired) electrons. The van der Waals surface area contributed by atoms with Crippen LogP contribution in [0.25, 0.3) is 11.3 Å². The topological polar surface area (TPSA) is 100 Å². The molecule has 4 heterocycles. The lowest BCUT2D eigenvalue weighted by Gasteiger charge is -2.33. The maximum Gasteiger partial charge on any atom is 0.250 e. The quantitative estimate of drug-likeness (QED) is 0.773. The molecular formula is C22H33N5O3. The molecule has 1 atom stereocenters. The first kappa shape index (κ1) is 20.7. The van der Waals surface area contributed by atoms with Crippen molar-refractivity contribution < 1.29 is 17.5 Å². The van der Waals surface area contributed by atoms with E-state index in [1.54, 1.807) is 37.2 Å². The Balaban J connectivity index is 0.00000181. The zero-order chi connectivity index (χ0) is 21.3. The monoisotopic (exact) mass is 415 g/mol. The van der Waals surface area contributed by atoms with Gasteiger partial charge in [-0.15, -0.1) is 0 Å². The van der Waals surface area contributed by atoms with Crippen molar-refractivity contribution in [1.82, 2.24) is 15.0 Å². The van der Waals surface area contributed by atoms with Gasteiger partial charge in [0.15, 0.2) is 11.6 Å². The van der Waals surface area contributed by atoms with Crippen molar-refractivity contribution in [2.45, 2.75) is 51.7 Å². The van der Waals surface area contributed by atoms with E-state index in [2.05, 4.69) is 15.3 Å². The third kappa shape index (κ3) is 4.29. The summed E-state index contributed by atoms with van der Waals surface area (Å²) in [6, 6.07) is 3.31. The standard InChI is InChI=1S/C22H29N5O3.2H2/c1-14-21(28)27(9-6-15-7-10-30-11-8-15)20-19(25-14)24-13-17(26-20)16-4-5-18(23-12-16)22(2,3)29;;/h4-5,12-15,29H,6-11H2,1-3H3,(H,24,25);2*1H/t14-;;/m1../s1. The molecule has 0 aromatic carbocycles. The molecule has 0 unspecified atom stereocenters. The summed E-state index contributed by atoms with van der Waals surface area (Å²) in [7, 11) is 0. The minimum Gasteiger partial charge on any atom is -0.384 e. The van der Waals surface area contributed by atoms with E-state index in [0.717, 1.165) is 38.0 Å². The normalized spacial score (nSPS) is 20.1. The highest BCUT2D eigenvalue weighted by atomic mass is 16.5. The summed E-state index contributed by atoms with van der Waals surface area (Å²) >= 11 is 0. The number of anilines is 2. The van der Waals surface area contributed by atoms with Crippen LogP contribution in [0.5, 0.6) is 0 Å². The average molecular weight is 416 g/mol. The molecule has 164 valence electrons. The number of carbonyl (C=O) groups is 1. The summed E-state index contributed by atoms with van der Waals surface area (Å²) in [5.41, 5.74) is 1.01.